The lowest BCUT2D eigenvalue weighted by atomic mass is 9.66. The fourth-order valence-corrected chi connectivity index (χ4v) is 8.88. The van der Waals surface area contributed by atoms with Crippen LogP contribution in [0.4, 0.5) is 16.2 Å². The van der Waals surface area contributed by atoms with Gasteiger partial charge < -0.3 is 26.6 Å². The molecule has 3 fully saturated rings. The van der Waals surface area contributed by atoms with Gasteiger partial charge in [-0.2, -0.15) is 0 Å². The van der Waals surface area contributed by atoms with Gasteiger partial charge in [-0.05, 0) is 65.5 Å². The number of nitrogens with zero attached hydrogens (tertiary/aromatic N) is 1. The van der Waals surface area contributed by atoms with Gasteiger partial charge in [0, 0.05) is 30.8 Å². The van der Waals surface area contributed by atoms with Crippen LogP contribution in [-0.4, -0.2) is 46.9 Å². The smallest absolute Gasteiger partial charge is 0.318 e. The van der Waals surface area contributed by atoms with Gasteiger partial charge in [0.2, 0.25) is 5.91 Å². The van der Waals surface area contributed by atoms with E-state index in [1.165, 1.54) is 64.2 Å². The lowest BCUT2D eigenvalue weighted by molar-refractivity contribution is -0.125. The molecule has 6 rings (SSSR count). The number of anilines is 2. The molecule has 46 heavy (non-hydrogen) atoms. The molecule has 4 aliphatic rings. The van der Waals surface area contributed by atoms with Crippen molar-refractivity contribution in [2.24, 2.45) is 29.4 Å². The van der Waals surface area contributed by atoms with Gasteiger partial charge in [0.05, 0.1) is 12.1 Å². The van der Waals surface area contributed by atoms with Crippen molar-refractivity contribution in [3.8, 4) is 0 Å². The number of hydrogen-bond donors (Lipinski definition) is 4. The fraction of sp³-hybridized carbons (Fsp3) is 0.605. The average molecular weight is 628 g/mol. The van der Waals surface area contributed by atoms with E-state index in [2.05, 4.69) is 29.8 Å². The molecule has 0 aromatic heterocycles. The summed E-state index contributed by atoms with van der Waals surface area (Å²) >= 11 is 0. The zero-order valence-electron chi connectivity index (χ0n) is 27.9. The van der Waals surface area contributed by atoms with E-state index in [0.717, 1.165) is 22.4 Å². The molecular formula is C38H53N5O3. The summed E-state index contributed by atoms with van der Waals surface area (Å²) in [6.45, 7) is 6.61. The first-order valence-corrected chi connectivity index (χ1v) is 17.8. The Bertz CT molecular complexity index is 1410. The summed E-state index contributed by atoms with van der Waals surface area (Å²) in [6, 6.07) is 12.9. The lowest BCUT2D eigenvalue weighted by Gasteiger charge is -2.40. The maximum atomic E-state index is 14.3. The van der Waals surface area contributed by atoms with Gasteiger partial charge in [-0.3, -0.25) is 9.59 Å². The number of carbonyl (C=O) groups is 3. The van der Waals surface area contributed by atoms with E-state index >= 15 is 0 Å². The van der Waals surface area contributed by atoms with Crippen molar-refractivity contribution in [3.05, 3.63) is 59.2 Å². The summed E-state index contributed by atoms with van der Waals surface area (Å²) < 4.78 is 0. The van der Waals surface area contributed by atoms with Gasteiger partial charge in [0.15, 0.2) is 0 Å². The van der Waals surface area contributed by atoms with E-state index in [4.69, 9.17) is 5.73 Å². The monoisotopic (exact) mass is 627 g/mol. The minimum Gasteiger partial charge on any atom is -0.333 e. The molecule has 0 spiro atoms. The summed E-state index contributed by atoms with van der Waals surface area (Å²) in [6.07, 6.45) is 13.0. The third kappa shape index (κ3) is 6.55. The number of amides is 4. The van der Waals surface area contributed by atoms with Crippen molar-refractivity contribution < 1.29 is 14.4 Å². The molecule has 1 saturated heterocycles. The number of nitrogens with two attached hydrogens (primary N) is 1. The van der Waals surface area contributed by atoms with Crippen LogP contribution in [0.2, 0.25) is 0 Å². The van der Waals surface area contributed by atoms with Crippen LogP contribution in [0.5, 0.6) is 0 Å². The highest BCUT2D eigenvalue weighted by molar-refractivity contribution is 6.02. The fourth-order valence-electron chi connectivity index (χ4n) is 8.88. The van der Waals surface area contributed by atoms with Crippen LogP contribution < -0.4 is 21.7 Å². The Balaban J connectivity index is 1.23. The number of benzene rings is 2. The predicted octanol–water partition coefficient (Wildman–Crippen LogP) is 6.56. The third-order valence-electron chi connectivity index (χ3n) is 11.6. The summed E-state index contributed by atoms with van der Waals surface area (Å²) in [5.74, 6) is 1.20. The molecule has 0 bridgehead atoms. The van der Waals surface area contributed by atoms with Crippen LogP contribution in [0.3, 0.4) is 0 Å². The molecule has 1 heterocycles. The molecule has 1 aliphatic heterocycles. The minimum atomic E-state index is -1.08. The predicted molar refractivity (Wildman–Crippen MR) is 183 cm³/mol. The van der Waals surface area contributed by atoms with Crippen LogP contribution in [0.25, 0.3) is 0 Å². The molecule has 3 atom stereocenters. The zero-order chi connectivity index (χ0) is 32.4. The molecule has 248 valence electrons. The number of urea groups is 1. The summed E-state index contributed by atoms with van der Waals surface area (Å²) in [5, 5.41) is 9.45. The Hall–Kier alpha value is -3.39. The number of para-hydroxylation sites is 1. The molecule has 0 radical (unpaired) electrons. The van der Waals surface area contributed by atoms with Crippen molar-refractivity contribution >= 4 is 29.2 Å². The van der Waals surface area contributed by atoms with E-state index in [0.29, 0.717) is 36.9 Å². The van der Waals surface area contributed by atoms with Gasteiger partial charge in [-0.25, -0.2) is 4.79 Å². The van der Waals surface area contributed by atoms with Gasteiger partial charge >= 0.3 is 6.03 Å². The van der Waals surface area contributed by atoms with Gasteiger partial charge in [0.1, 0.15) is 5.54 Å². The molecule has 3 aliphatic carbocycles. The molecule has 8 heteroatoms. The number of rotatable bonds is 9. The standard InChI is InChI=1S/C38H53N5O3/c1-24(2)32-23-43(37(46)42-32)38(36(45)41-31-17-11-10-12-25(31)3)21-28-18-19-30(20-29(28)22-38)40-35(44)34(39)33(26-13-6-4-7-14-26)27-15-8-5-9-16-27/h10-12,17-20,24,26-27,32-34H,4-9,13-16,21-23,39H2,1-3H3,(H,40,44)(H,41,45)(H,42,46)/t32-,34-,38?/m0/s1. The van der Waals surface area contributed by atoms with E-state index < -0.39 is 11.6 Å². The maximum Gasteiger partial charge on any atom is 0.318 e. The molecule has 4 amide bonds. The second-order valence-corrected chi connectivity index (χ2v) is 14.9. The van der Waals surface area contributed by atoms with Crippen LogP contribution in [0.1, 0.15) is 94.7 Å². The normalized spacial score (nSPS) is 24.6. The summed E-state index contributed by atoms with van der Waals surface area (Å²) in [7, 11) is 0. The largest absolute Gasteiger partial charge is 0.333 e. The van der Waals surface area contributed by atoms with Crippen LogP contribution in [0.15, 0.2) is 42.5 Å². The Morgan fingerprint density at radius 2 is 1.52 bits per heavy atom. The maximum absolute atomic E-state index is 14.3. The molecule has 1 unspecified atom stereocenters. The van der Waals surface area contributed by atoms with Crippen LogP contribution in [-0.2, 0) is 22.4 Å². The van der Waals surface area contributed by atoms with Crippen LogP contribution in [0, 0.1) is 30.6 Å². The second-order valence-electron chi connectivity index (χ2n) is 14.9. The van der Waals surface area contributed by atoms with Gasteiger partial charge in [-0.15, -0.1) is 0 Å². The Labute approximate surface area is 274 Å². The van der Waals surface area contributed by atoms with Crippen molar-refractivity contribution in [2.45, 2.75) is 115 Å². The van der Waals surface area contributed by atoms with Crippen molar-refractivity contribution in [1.82, 2.24) is 10.2 Å². The molecule has 8 nitrogen and oxygen atoms in total. The minimum absolute atomic E-state index is 0.0306. The Morgan fingerprint density at radius 1 is 0.891 bits per heavy atom. The number of carbonyl (C=O) groups excluding carboxylic acids is 3. The van der Waals surface area contributed by atoms with Gasteiger partial charge in [0.25, 0.3) is 5.91 Å². The highest BCUT2D eigenvalue weighted by Gasteiger charge is 2.53. The third-order valence-corrected chi connectivity index (χ3v) is 11.6. The van der Waals surface area contributed by atoms with Crippen molar-refractivity contribution in [1.29, 1.82) is 0 Å². The number of nitrogens with one attached hydrogen (secondary N) is 3. The molecule has 2 saturated carbocycles. The van der Waals surface area contributed by atoms with Crippen LogP contribution >= 0.6 is 0 Å². The number of fused-ring (bicyclic) bond motifs is 1. The van der Waals surface area contributed by atoms with E-state index in [-0.39, 0.29) is 35.7 Å². The molecular weight excluding hydrogens is 574 g/mol. The Morgan fingerprint density at radius 3 is 2.13 bits per heavy atom. The summed E-state index contributed by atoms with van der Waals surface area (Å²) in [5.41, 5.74) is 10.2. The second kappa shape index (κ2) is 13.8. The van der Waals surface area contributed by atoms with Crippen molar-refractivity contribution in [2.75, 3.05) is 17.2 Å². The first-order valence-electron chi connectivity index (χ1n) is 17.8. The highest BCUT2D eigenvalue weighted by Crippen LogP contribution is 2.42. The molecule has 2 aromatic carbocycles. The Kier molecular flexibility index (Phi) is 9.74. The topological polar surface area (TPSA) is 117 Å². The molecule has 5 N–H and O–H groups in total. The van der Waals surface area contributed by atoms with E-state index in [1.54, 1.807) is 4.90 Å². The summed E-state index contributed by atoms with van der Waals surface area (Å²) in [4.78, 5) is 43.3. The van der Waals surface area contributed by atoms with Gasteiger partial charge in [-0.1, -0.05) is 102 Å². The first-order chi connectivity index (χ1) is 22.2. The van der Waals surface area contributed by atoms with Crippen molar-refractivity contribution in [3.63, 3.8) is 0 Å². The highest BCUT2D eigenvalue weighted by atomic mass is 16.2. The van der Waals surface area contributed by atoms with E-state index in [9.17, 15) is 14.4 Å². The quantitative estimate of drug-likeness (QED) is 0.252. The van der Waals surface area contributed by atoms with E-state index in [1.807, 2.05) is 49.4 Å². The SMILES string of the molecule is Cc1ccccc1NC(=O)C1(N2C[C@@H](C(C)C)NC2=O)Cc2ccc(NC(=O)[C@@H](N)C(C3CCCCC3)C3CCCCC3)cc2C1. The first kappa shape index (κ1) is 32.5. The molecule has 2 aromatic rings. The zero-order valence-corrected chi connectivity index (χ0v) is 27.9. The average Bonchev–Trinajstić information content (AvgIpc) is 3.65. The number of hydrogen-bond acceptors (Lipinski definition) is 4. The number of aryl methyl sites for hydroxylation is 1. The lowest BCUT2D eigenvalue weighted by Crippen LogP contribution is -2.59.